The number of phenolic OH excluding ortho intramolecular Hbond substituents is 1. The van der Waals surface area contributed by atoms with Gasteiger partial charge >= 0.3 is 0 Å². The molecule has 0 unspecified atom stereocenters. The quantitative estimate of drug-likeness (QED) is 0.842. The number of nitrogens with zero attached hydrogens (tertiary/aromatic N) is 1. The molecule has 1 aromatic carbocycles. The van der Waals surface area contributed by atoms with Gasteiger partial charge in [-0.3, -0.25) is 4.90 Å². The molecular weight excluding hydrogens is 294 g/mol. The Morgan fingerprint density at radius 1 is 1.17 bits per heavy atom. The van der Waals surface area contributed by atoms with E-state index in [1.54, 1.807) is 0 Å². The van der Waals surface area contributed by atoms with Crippen LogP contribution in [0, 0.1) is 18.8 Å². The lowest BCUT2D eigenvalue weighted by molar-refractivity contribution is -0.0169. The molecule has 24 heavy (non-hydrogen) atoms. The Morgan fingerprint density at radius 2 is 1.96 bits per heavy atom. The van der Waals surface area contributed by atoms with Crippen molar-refractivity contribution in [1.29, 1.82) is 0 Å². The number of rotatable bonds is 3. The molecule has 2 aliphatic carbocycles. The fourth-order valence-electron chi connectivity index (χ4n) is 6.08. The Kier molecular flexibility index (Phi) is 4.15. The average molecular weight is 328 g/mol. The predicted octanol–water partition coefficient (Wildman–Crippen LogP) is 5.02. The van der Waals surface area contributed by atoms with E-state index in [4.69, 9.17) is 0 Å². The highest BCUT2D eigenvalue weighted by molar-refractivity contribution is 5.41. The molecule has 4 rings (SSSR count). The maximum absolute atomic E-state index is 10.1. The van der Waals surface area contributed by atoms with Crippen molar-refractivity contribution in [3.8, 4) is 5.75 Å². The summed E-state index contributed by atoms with van der Waals surface area (Å²) in [7, 11) is 0. The molecule has 2 nitrogen and oxygen atoms in total. The van der Waals surface area contributed by atoms with Gasteiger partial charge in [-0.1, -0.05) is 18.9 Å². The lowest BCUT2D eigenvalue weighted by atomic mass is 9.56. The molecule has 1 saturated heterocycles. The van der Waals surface area contributed by atoms with E-state index in [2.05, 4.69) is 37.8 Å². The zero-order chi connectivity index (χ0) is 16.9. The third-order valence-electron chi connectivity index (χ3n) is 7.60. The number of hydrogen-bond donors (Lipinski definition) is 1. The first-order chi connectivity index (χ1) is 11.5. The summed E-state index contributed by atoms with van der Waals surface area (Å²) in [6.07, 6.45) is 9.51. The molecule has 0 bridgehead atoms. The summed E-state index contributed by atoms with van der Waals surface area (Å²) >= 11 is 0. The first-order valence-electron chi connectivity index (χ1n) is 10.1. The van der Waals surface area contributed by atoms with Gasteiger partial charge in [-0.2, -0.15) is 0 Å². The zero-order valence-corrected chi connectivity index (χ0v) is 15.6. The van der Waals surface area contributed by atoms with Crippen LogP contribution >= 0.6 is 0 Å². The Morgan fingerprint density at radius 3 is 2.71 bits per heavy atom. The van der Waals surface area contributed by atoms with Crippen LogP contribution in [-0.4, -0.2) is 28.6 Å². The van der Waals surface area contributed by atoms with Crippen molar-refractivity contribution in [3.63, 3.8) is 0 Å². The SMILES string of the molecule is Cc1ccc(O)cc1[C@@]12CCCC[C@H]1[C@@H](C)N([C@H](C)C1CC1)CC2. The summed E-state index contributed by atoms with van der Waals surface area (Å²) in [4.78, 5) is 2.82. The van der Waals surface area contributed by atoms with Crippen LogP contribution in [0.3, 0.4) is 0 Å². The highest BCUT2D eigenvalue weighted by Gasteiger charge is 2.51. The van der Waals surface area contributed by atoms with Crippen molar-refractivity contribution in [2.45, 2.75) is 83.2 Å². The molecule has 0 spiro atoms. The molecule has 0 aromatic heterocycles. The second-order valence-corrected chi connectivity index (χ2v) is 8.81. The van der Waals surface area contributed by atoms with Crippen molar-refractivity contribution in [2.75, 3.05) is 6.54 Å². The van der Waals surface area contributed by atoms with Crippen LogP contribution in [0.4, 0.5) is 0 Å². The number of aryl methyl sites for hydroxylation is 1. The van der Waals surface area contributed by atoms with E-state index in [-0.39, 0.29) is 0 Å². The molecule has 0 radical (unpaired) electrons. The van der Waals surface area contributed by atoms with Crippen molar-refractivity contribution in [3.05, 3.63) is 29.3 Å². The molecule has 1 N–H and O–H groups in total. The van der Waals surface area contributed by atoms with Gasteiger partial charge in [0, 0.05) is 17.5 Å². The molecular formula is C22H33NO. The maximum atomic E-state index is 10.1. The van der Waals surface area contributed by atoms with Crippen LogP contribution < -0.4 is 0 Å². The lowest BCUT2D eigenvalue weighted by Crippen LogP contribution is -2.58. The number of aromatic hydroxyl groups is 1. The molecule has 4 atom stereocenters. The van der Waals surface area contributed by atoms with Crippen molar-refractivity contribution in [1.82, 2.24) is 4.90 Å². The smallest absolute Gasteiger partial charge is 0.115 e. The first kappa shape index (κ1) is 16.4. The van der Waals surface area contributed by atoms with Crippen LogP contribution in [0.2, 0.25) is 0 Å². The van der Waals surface area contributed by atoms with Gasteiger partial charge in [-0.15, -0.1) is 0 Å². The maximum Gasteiger partial charge on any atom is 0.115 e. The molecule has 1 heterocycles. The molecule has 2 saturated carbocycles. The fraction of sp³-hybridized carbons (Fsp3) is 0.727. The van der Waals surface area contributed by atoms with Crippen LogP contribution in [-0.2, 0) is 5.41 Å². The minimum absolute atomic E-state index is 0.292. The summed E-state index contributed by atoms with van der Waals surface area (Å²) in [6, 6.07) is 7.47. The highest BCUT2D eigenvalue weighted by atomic mass is 16.3. The van der Waals surface area contributed by atoms with Crippen molar-refractivity contribution in [2.24, 2.45) is 11.8 Å². The van der Waals surface area contributed by atoms with Crippen LogP contribution in [0.15, 0.2) is 18.2 Å². The highest BCUT2D eigenvalue weighted by Crippen LogP contribution is 2.53. The molecule has 3 fully saturated rings. The number of likely N-dealkylation sites (tertiary alicyclic amines) is 1. The Bertz CT molecular complexity index is 608. The van der Waals surface area contributed by atoms with Gasteiger partial charge < -0.3 is 5.11 Å². The monoisotopic (exact) mass is 327 g/mol. The van der Waals surface area contributed by atoms with Gasteiger partial charge in [0.25, 0.3) is 0 Å². The predicted molar refractivity (Wildman–Crippen MR) is 99.5 cm³/mol. The standard InChI is InChI=1S/C22H33NO/c1-15-7-10-19(24)14-21(15)22-11-5-4-6-20(22)17(3)23(13-12-22)16(2)18-8-9-18/h7,10,14,16-18,20,24H,4-6,8-9,11-13H2,1-3H3/t16-,17-,20+,22-/m1/s1. The summed E-state index contributed by atoms with van der Waals surface area (Å²) < 4.78 is 0. The number of fused-ring (bicyclic) bond motifs is 1. The summed E-state index contributed by atoms with van der Waals surface area (Å²) in [6.45, 7) is 8.41. The van der Waals surface area contributed by atoms with E-state index in [1.807, 2.05) is 6.07 Å². The van der Waals surface area contributed by atoms with E-state index in [0.717, 1.165) is 17.9 Å². The Hall–Kier alpha value is -1.02. The Labute approximate surface area is 147 Å². The normalized spacial score (nSPS) is 35.5. The van der Waals surface area contributed by atoms with Gasteiger partial charge in [0.05, 0.1) is 0 Å². The Balaban J connectivity index is 1.69. The molecule has 3 aliphatic rings. The van der Waals surface area contributed by atoms with Crippen molar-refractivity contribution < 1.29 is 5.11 Å². The molecule has 2 heteroatoms. The van der Waals surface area contributed by atoms with Crippen LogP contribution in [0.25, 0.3) is 0 Å². The van der Waals surface area contributed by atoms with Gasteiger partial charge in [-0.25, -0.2) is 0 Å². The number of piperidine rings is 1. The van der Waals surface area contributed by atoms with E-state index in [9.17, 15) is 5.11 Å². The number of hydrogen-bond acceptors (Lipinski definition) is 2. The topological polar surface area (TPSA) is 23.5 Å². The zero-order valence-electron chi connectivity index (χ0n) is 15.6. The van der Waals surface area contributed by atoms with Crippen LogP contribution in [0.1, 0.15) is 69.9 Å². The molecule has 132 valence electrons. The first-order valence-corrected chi connectivity index (χ1v) is 10.1. The van der Waals surface area contributed by atoms with E-state index in [1.165, 1.54) is 62.6 Å². The summed E-state index contributed by atoms with van der Waals surface area (Å²) in [5.74, 6) is 2.13. The van der Waals surface area contributed by atoms with Crippen LogP contribution in [0.5, 0.6) is 5.75 Å². The average Bonchev–Trinajstić information content (AvgIpc) is 3.42. The second-order valence-electron chi connectivity index (χ2n) is 8.81. The van der Waals surface area contributed by atoms with E-state index in [0.29, 0.717) is 17.2 Å². The van der Waals surface area contributed by atoms with E-state index >= 15 is 0 Å². The molecule has 1 aliphatic heterocycles. The minimum atomic E-state index is 0.292. The van der Waals surface area contributed by atoms with Crippen molar-refractivity contribution >= 4 is 0 Å². The van der Waals surface area contributed by atoms with Gasteiger partial charge in [0.1, 0.15) is 5.75 Å². The second kappa shape index (κ2) is 6.05. The molecule has 0 amide bonds. The van der Waals surface area contributed by atoms with Gasteiger partial charge in [-0.05, 0) is 94.5 Å². The fourth-order valence-corrected chi connectivity index (χ4v) is 6.08. The van der Waals surface area contributed by atoms with Gasteiger partial charge in [0.2, 0.25) is 0 Å². The lowest BCUT2D eigenvalue weighted by Gasteiger charge is -2.56. The summed E-state index contributed by atoms with van der Waals surface area (Å²) in [5.41, 5.74) is 3.11. The number of phenols is 1. The largest absolute Gasteiger partial charge is 0.508 e. The third-order valence-corrected chi connectivity index (χ3v) is 7.60. The minimum Gasteiger partial charge on any atom is -0.508 e. The molecule has 1 aromatic rings. The third kappa shape index (κ3) is 2.58. The summed E-state index contributed by atoms with van der Waals surface area (Å²) in [5, 5.41) is 10.1. The number of benzene rings is 1. The van der Waals surface area contributed by atoms with E-state index < -0.39 is 0 Å². The van der Waals surface area contributed by atoms with Gasteiger partial charge in [0.15, 0.2) is 0 Å².